The van der Waals surface area contributed by atoms with E-state index in [0.717, 1.165) is 17.8 Å². The topological polar surface area (TPSA) is 110 Å². The molecule has 0 radical (unpaired) electrons. The highest BCUT2D eigenvalue weighted by atomic mass is 32.1. The van der Waals surface area contributed by atoms with Gasteiger partial charge < -0.3 is 5.32 Å². The Hall–Kier alpha value is -2.29. The minimum atomic E-state index is -0.425. The largest absolute Gasteiger partial charge is 0.305 e. The summed E-state index contributed by atoms with van der Waals surface area (Å²) >= 11 is 1.43. The van der Waals surface area contributed by atoms with Crippen molar-refractivity contribution in [2.75, 3.05) is 10.6 Å². The first-order valence-electron chi connectivity index (χ1n) is 5.96. The predicted octanol–water partition coefficient (Wildman–Crippen LogP) is 1.69. The van der Waals surface area contributed by atoms with Gasteiger partial charge in [0.15, 0.2) is 0 Å². The van der Waals surface area contributed by atoms with E-state index in [0.29, 0.717) is 5.69 Å². The normalized spacial score (nSPS) is 10.3. The van der Waals surface area contributed by atoms with Gasteiger partial charge in [-0.25, -0.2) is 9.61 Å². The maximum Gasteiger partial charge on any atom is 0.276 e. The van der Waals surface area contributed by atoms with Gasteiger partial charge in [-0.15, -0.1) is 11.3 Å². The van der Waals surface area contributed by atoms with Crippen LogP contribution in [0, 0.1) is 0 Å². The van der Waals surface area contributed by atoms with Gasteiger partial charge in [0.25, 0.3) is 5.91 Å². The van der Waals surface area contributed by atoms with E-state index in [9.17, 15) is 9.59 Å². The molecular formula is C11H13N5O3S. The van der Waals surface area contributed by atoms with Gasteiger partial charge in [-0.05, 0) is 23.2 Å². The molecule has 0 fully saturated rings. The maximum atomic E-state index is 12.0. The van der Waals surface area contributed by atoms with Crippen molar-refractivity contribution in [3.05, 3.63) is 16.1 Å². The third-order valence-corrected chi connectivity index (χ3v) is 3.17. The Labute approximate surface area is 118 Å². The summed E-state index contributed by atoms with van der Waals surface area (Å²) in [6, 6.07) is 0. The molecule has 0 aliphatic rings. The minimum absolute atomic E-state index is 0.0511. The van der Waals surface area contributed by atoms with Gasteiger partial charge in [0.2, 0.25) is 17.5 Å². The van der Waals surface area contributed by atoms with Crippen molar-refractivity contribution < 1.29 is 14.2 Å². The summed E-state index contributed by atoms with van der Waals surface area (Å²) in [5, 5.41) is 14.5. The average molecular weight is 295 g/mol. The molecule has 0 unspecified atom stereocenters. The first kappa shape index (κ1) is 14.1. The number of nitrogens with one attached hydrogen (secondary N) is 2. The number of amides is 2. The Morgan fingerprint density at radius 3 is 2.65 bits per heavy atom. The summed E-state index contributed by atoms with van der Waals surface area (Å²) in [6.45, 7) is 3.36. The van der Waals surface area contributed by atoms with Crippen LogP contribution in [-0.4, -0.2) is 27.1 Å². The third-order valence-electron chi connectivity index (χ3n) is 2.26. The van der Waals surface area contributed by atoms with E-state index >= 15 is 0 Å². The van der Waals surface area contributed by atoms with Crippen molar-refractivity contribution in [3.63, 3.8) is 0 Å². The zero-order valence-electron chi connectivity index (χ0n) is 11.0. The van der Waals surface area contributed by atoms with Crippen LogP contribution in [0.15, 0.2) is 10.0 Å². The molecule has 9 heteroatoms. The molecule has 0 bridgehead atoms. The standard InChI is InChI=1S/C11H13N5O3S/c1-3-4-8-13-7(5-20-8)11(18)14-10-9(12-6(2)17)15-19-16-10/h5H,3-4H2,1-2H3,(H,12,15,17)(H,14,16,18). The van der Waals surface area contributed by atoms with Crippen LogP contribution in [0.5, 0.6) is 0 Å². The number of thiazole rings is 1. The smallest absolute Gasteiger partial charge is 0.276 e. The Kier molecular flexibility index (Phi) is 4.41. The van der Waals surface area contributed by atoms with Gasteiger partial charge in [0, 0.05) is 12.3 Å². The molecular weight excluding hydrogens is 282 g/mol. The van der Waals surface area contributed by atoms with E-state index in [4.69, 9.17) is 0 Å². The number of carbonyl (C=O) groups excluding carboxylic acids is 2. The van der Waals surface area contributed by atoms with Crippen molar-refractivity contribution in [3.8, 4) is 0 Å². The van der Waals surface area contributed by atoms with E-state index in [1.807, 2.05) is 6.92 Å². The Morgan fingerprint density at radius 1 is 1.30 bits per heavy atom. The van der Waals surface area contributed by atoms with E-state index in [-0.39, 0.29) is 17.5 Å². The molecule has 2 N–H and O–H groups in total. The number of aromatic nitrogens is 3. The van der Waals surface area contributed by atoms with E-state index in [2.05, 4.69) is 30.6 Å². The van der Waals surface area contributed by atoms with Crippen molar-refractivity contribution >= 4 is 34.8 Å². The van der Waals surface area contributed by atoms with Crippen LogP contribution in [0.3, 0.4) is 0 Å². The molecule has 0 saturated carbocycles. The number of rotatable bonds is 5. The highest BCUT2D eigenvalue weighted by Crippen LogP contribution is 2.18. The van der Waals surface area contributed by atoms with Crippen molar-refractivity contribution in [1.82, 2.24) is 15.3 Å². The molecule has 20 heavy (non-hydrogen) atoms. The minimum Gasteiger partial charge on any atom is -0.305 e. The second-order valence-corrected chi connectivity index (χ2v) is 4.92. The molecule has 2 aromatic rings. The van der Waals surface area contributed by atoms with Gasteiger partial charge in [-0.2, -0.15) is 0 Å². The lowest BCUT2D eigenvalue weighted by Crippen LogP contribution is -2.15. The number of carbonyl (C=O) groups is 2. The van der Waals surface area contributed by atoms with E-state index in [1.54, 1.807) is 5.38 Å². The van der Waals surface area contributed by atoms with Crippen LogP contribution in [0.2, 0.25) is 0 Å². The molecule has 0 aliphatic carbocycles. The van der Waals surface area contributed by atoms with Crippen LogP contribution in [0.25, 0.3) is 0 Å². The Bertz CT molecular complexity index is 621. The highest BCUT2D eigenvalue weighted by molar-refractivity contribution is 7.09. The van der Waals surface area contributed by atoms with Crippen LogP contribution >= 0.6 is 11.3 Å². The molecule has 0 atom stereocenters. The quantitative estimate of drug-likeness (QED) is 0.868. The summed E-state index contributed by atoms with van der Waals surface area (Å²) in [5.41, 5.74) is 0.301. The lowest BCUT2D eigenvalue weighted by molar-refractivity contribution is -0.114. The van der Waals surface area contributed by atoms with Crippen LogP contribution in [-0.2, 0) is 11.2 Å². The average Bonchev–Trinajstić information content (AvgIpc) is 2.99. The molecule has 0 spiro atoms. The number of nitrogens with zero attached hydrogens (tertiary/aromatic N) is 3. The maximum absolute atomic E-state index is 12.0. The Morgan fingerprint density at radius 2 is 2.00 bits per heavy atom. The van der Waals surface area contributed by atoms with E-state index < -0.39 is 5.91 Å². The van der Waals surface area contributed by atoms with Crippen LogP contribution in [0.4, 0.5) is 11.6 Å². The van der Waals surface area contributed by atoms with Gasteiger partial charge in [0.1, 0.15) is 5.69 Å². The molecule has 2 amide bonds. The monoisotopic (exact) mass is 295 g/mol. The van der Waals surface area contributed by atoms with Crippen molar-refractivity contribution in [2.45, 2.75) is 26.7 Å². The van der Waals surface area contributed by atoms with Crippen molar-refractivity contribution in [2.24, 2.45) is 0 Å². The molecule has 2 rings (SSSR count). The van der Waals surface area contributed by atoms with Gasteiger partial charge in [-0.1, -0.05) is 6.92 Å². The number of anilines is 2. The molecule has 0 aliphatic heterocycles. The first-order valence-corrected chi connectivity index (χ1v) is 6.84. The fourth-order valence-electron chi connectivity index (χ4n) is 1.43. The number of aryl methyl sites for hydroxylation is 1. The zero-order valence-corrected chi connectivity index (χ0v) is 11.8. The summed E-state index contributed by atoms with van der Waals surface area (Å²) in [5.74, 6) is -0.647. The summed E-state index contributed by atoms with van der Waals surface area (Å²) in [7, 11) is 0. The van der Waals surface area contributed by atoms with Gasteiger partial charge in [-0.3, -0.25) is 14.9 Å². The molecule has 0 aromatic carbocycles. The molecule has 106 valence electrons. The predicted molar refractivity (Wildman–Crippen MR) is 72.7 cm³/mol. The summed E-state index contributed by atoms with van der Waals surface area (Å²) < 4.78 is 4.48. The third kappa shape index (κ3) is 3.38. The van der Waals surface area contributed by atoms with Crippen LogP contribution in [0.1, 0.15) is 35.8 Å². The van der Waals surface area contributed by atoms with Gasteiger partial charge >= 0.3 is 0 Å². The summed E-state index contributed by atoms with van der Waals surface area (Å²) in [6.07, 6.45) is 1.80. The van der Waals surface area contributed by atoms with Crippen LogP contribution < -0.4 is 10.6 Å². The molecule has 2 heterocycles. The second kappa shape index (κ2) is 6.24. The lowest BCUT2D eigenvalue weighted by Gasteiger charge is -2.00. The molecule has 2 aromatic heterocycles. The van der Waals surface area contributed by atoms with Gasteiger partial charge in [0.05, 0.1) is 5.01 Å². The lowest BCUT2D eigenvalue weighted by atomic mass is 10.3. The second-order valence-electron chi connectivity index (χ2n) is 3.97. The fourth-order valence-corrected chi connectivity index (χ4v) is 2.32. The summed E-state index contributed by atoms with van der Waals surface area (Å²) in [4.78, 5) is 27.1. The first-order chi connectivity index (χ1) is 9.60. The molecule has 8 nitrogen and oxygen atoms in total. The number of hydrogen-bond donors (Lipinski definition) is 2. The Balaban J connectivity index is 2.07. The van der Waals surface area contributed by atoms with E-state index in [1.165, 1.54) is 18.3 Å². The zero-order chi connectivity index (χ0) is 14.5. The highest BCUT2D eigenvalue weighted by Gasteiger charge is 2.17. The van der Waals surface area contributed by atoms with Crippen molar-refractivity contribution in [1.29, 1.82) is 0 Å². The number of hydrogen-bond acceptors (Lipinski definition) is 7. The fraction of sp³-hybridized carbons (Fsp3) is 0.364. The molecule has 0 saturated heterocycles. The SMILES string of the molecule is CCCc1nc(C(=O)Nc2nonc2NC(C)=O)cs1.